The molecule has 0 radical (unpaired) electrons. The molecule has 0 saturated carbocycles. The number of rotatable bonds is 5. The van der Waals surface area contributed by atoms with Crippen LogP contribution in [0.25, 0.3) is 0 Å². The highest BCUT2D eigenvalue weighted by Crippen LogP contribution is 2.45. The Morgan fingerprint density at radius 1 is 1.10 bits per heavy atom. The summed E-state index contributed by atoms with van der Waals surface area (Å²) in [5.41, 5.74) is 1.52. The lowest BCUT2D eigenvalue weighted by molar-refractivity contribution is 0.369. The summed E-state index contributed by atoms with van der Waals surface area (Å²) in [5, 5.41) is -0.473. The molecule has 108 valence electrons. The monoisotopic (exact) mass is 360 g/mol. The predicted octanol–water partition coefficient (Wildman–Crippen LogP) is 4.40. The van der Waals surface area contributed by atoms with E-state index in [4.69, 9.17) is 30.2 Å². The van der Waals surface area contributed by atoms with E-state index < -0.39 is 5.38 Å². The molecule has 6 heteroatoms. The number of furan rings is 1. The Morgan fingerprint density at radius 3 is 2.10 bits per heavy atom. The van der Waals surface area contributed by atoms with Crippen LogP contribution in [-0.4, -0.2) is 21.3 Å². The second-order valence-corrected chi connectivity index (χ2v) is 5.11. The zero-order valence-corrected chi connectivity index (χ0v) is 13.6. The van der Waals surface area contributed by atoms with Crippen molar-refractivity contribution in [2.45, 2.75) is 5.38 Å². The average Bonchev–Trinajstić information content (AvgIpc) is 2.91. The van der Waals surface area contributed by atoms with E-state index in [1.807, 2.05) is 0 Å². The van der Waals surface area contributed by atoms with Gasteiger partial charge in [0.25, 0.3) is 0 Å². The van der Waals surface area contributed by atoms with Gasteiger partial charge in [-0.1, -0.05) is 0 Å². The van der Waals surface area contributed by atoms with Crippen molar-refractivity contribution in [3.63, 3.8) is 0 Å². The highest BCUT2D eigenvalue weighted by atomic mass is 79.9. The van der Waals surface area contributed by atoms with Crippen molar-refractivity contribution in [2.24, 2.45) is 0 Å². The van der Waals surface area contributed by atoms with Crippen LogP contribution >= 0.6 is 27.5 Å². The molecule has 2 aromatic rings. The molecule has 1 aromatic carbocycles. The molecule has 0 N–H and O–H groups in total. The molecule has 0 fully saturated rings. The lowest BCUT2D eigenvalue weighted by Crippen LogP contribution is -2.02. The summed E-state index contributed by atoms with van der Waals surface area (Å²) in [5.74, 6) is 1.82. The smallest absolute Gasteiger partial charge is 0.173 e. The SMILES string of the molecule is COc1cc(OC)c(C(Cl)c2ccoc2Br)c(OC)c1. The molecule has 1 heterocycles. The van der Waals surface area contributed by atoms with Gasteiger partial charge in [0.05, 0.1) is 38.5 Å². The van der Waals surface area contributed by atoms with Gasteiger partial charge < -0.3 is 18.6 Å². The molecule has 0 amide bonds. The van der Waals surface area contributed by atoms with Gasteiger partial charge in [0.1, 0.15) is 17.2 Å². The van der Waals surface area contributed by atoms with Crippen LogP contribution in [0.4, 0.5) is 0 Å². The zero-order valence-electron chi connectivity index (χ0n) is 11.3. The van der Waals surface area contributed by atoms with Crippen molar-refractivity contribution in [1.29, 1.82) is 0 Å². The van der Waals surface area contributed by atoms with Crippen LogP contribution in [0.1, 0.15) is 16.5 Å². The van der Waals surface area contributed by atoms with Gasteiger partial charge in [-0.2, -0.15) is 0 Å². The molecule has 0 bridgehead atoms. The summed E-state index contributed by atoms with van der Waals surface area (Å²) in [7, 11) is 4.73. The van der Waals surface area contributed by atoms with Gasteiger partial charge in [0, 0.05) is 17.7 Å². The van der Waals surface area contributed by atoms with Crippen molar-refractivity contribution >= 4 is 27.5 Å². The Balaban J connectivity index is 2.57. The topological polar surface area (TPSA) is 40.8 Å². The standard InChI is InChI=1S/C14H14BrClO4/c1-17-8-6-10(18-2)12(11(7-8)19-3)13(16)9-4-5-20-14(9)15/h4-7,13H,1-3H3. The molecule has 4 nitrogen and oxygen atoms in total. The Morgan fingerprint density at radius 2 is 1.70 bits per heavy atom. The highest BCUT2D eigenvalue weighted by Gasteiger charge is 2.25. The highest BCUT2D eigenvalue weighted by molar-refractivity contribution is 9.10. The predicted molar refractivity (Wildman–Crippen MR) is 80.2 cm³/mol. The van der Waals surface area contributed by atoms with Crippen LogP contribution in [-0.2, 0) is 0 Å². The number of methoxy groups -OCH3 is 3. The van der Waals surface area contributed by atoms with E-state index in [1.54, 1.807) is 45.8 Å². The molecule has 20 heavy (non-hydrogen) atoms. The minimum atomic E-state index is -0.473. The molecule has 1 unspecified atom stereocenters. The minimum Gasteiger partial charge on any atom is -0.496 e. The van der Waals surface area contributed by atoms with E-state index in [0.29, 0.717) is 21.9 Å². The fraction of sp³-hybridized carbons (Fsp3) is 0.286. The minimum absolute atomic E-state index is 0.473. The molecule has 2 rings (SSSR count). The van der Waals surface area contributed by atoms with E-state index >= 15 is 0 Å². The lowest BCUT2D eigenvalue weighted by Gasteiger charge is -2.18. The number of hydrogen-bond donors (Lipinski definition) is 0. The molecule has 0 spiro atoms. The third-order valence-corrected chi connectivity index (χ3v) is 4.02. The second kappa shape index (κ2) is 6.41. The molecule has 0 saturated heterocycles. The summed E-state index contributed by atoms with van der Waals surface area (Å²) in [6.07, 6.45) is 1.57. The van der Waals surface area contributed by atoms with Crippen molar-refractivity contribution in [1.82, 2.24) is 0 Å². The maximum absolute atomic E-state index is 6.55. The fourth-order valence-electron chi connectivity index (χ4n) is 1.92. The first-order valence-corrected chi connectivity index (χ1v) is 7.02. The Labute approximate surface area is 130 Å². The summed E-state index contributed by atoms with van der Waals surface area (Å²) >= 11 is 9.88. The third kappa shape index (κ3) is 2.74. The van der Waals surface area contributed by atoms with Gasteiger partial charge in [0.2, 0.25) is 0 Å². The maximum Gasteiger partial charge on any atom is 0.173 e. The zero-order chi connectivity index (χ0) is 14.7. The Bertz CT molecular complexity index is 572. The van der Waals surface area contributed by atoms with Gasteiger partial charge in [-0.3, -0.25) is 0 Å². The second-order valence-electron chi connectivity index (χ2n) is 3.96. The number of benzene rings is 1. The Kier molecular flexibility index (Phi) is 4.83. The number of alkyl halides is 1. The van der Waals surface area contributed by atoms with Crippen molar-refractivity contribution < 1.29 is 18.6 Å². The molecule has 0 aliphatic rings. The Hall–Kier alpha value is -1.33. The first kappa shape index (κ1) is 15.1. The van der Waals surface area contributed by atoms with E-state index in [1.165, 1.54) is 0 Å². The van der Waals surface area contributed by atoms with Crippen LogP contribution in [0, 0.1) is 0 Å². The number of ether oxygens (including phenoxy) is 3. The van der Waals surface area contributed by atoms with Gasteiger partial charge >= 0.3 is 0 Å². The van der Waals surface area contributed by atoms with Crippen LogP contribution in [0.15, 0.2) is 33.5 Å². The van der Waals surface area contributed by atoms with Gasteiger partial charge in [-0.05, 0) is 22.0 Å². The van der Waals surface area contributed by atoms with E-state index in [2.05, 4.69) is 15.9 Å². The molecule has 0 aliphatic heterocycles. The summed E-state index contributed by atoms with van der Waals surface area (Å²) in [4.78, 5) is 0. The lowest BCUT2D eigenvalue weighted by atomic mass is 10.0. The molecule has 0 aliphatic carbocycles. The summed E-state index contributed by atoms with van der Waals surface area (Å²) in [6, 6.07) is 5.33. The number of hydrogen-bond acceptors (Lipinski definition) is 4. The van der Waals surface area contributed by atoms with Gasteiger partial charge in [0.15, 0.2) is 4.67 Å². The molecule has 1 aromatic heterocycles. The average molecular weight is 362 g/mol. The van der Waals surface area contributed by atoms with Crippen LogP contribution < -0.4 is 14.2 Å². The molecule has 1 atom stereocenters. The van der Waals surface area contributed by atoms with Gasteiger partial charge in [-0.25, -0.2) is 0 Å². The van der Waals surface area contributed by atoms with E-state index in [9.17, 15) is 0 Å². The van der Waals surface area contributed by atoms with Crippen molar-refractivity contribution in [3.8, 4) is 17.2 Å². The fourth-order valence-corrected chi connectivity index (χ4v) is 2.91. The summed E-state index contributed by atoms with van der Waals surface area (Å²) in [6.45, 7) is 0. The van der Waals surface area contributed by atoms with Gasteiger partial charge in [-0.15, -0.1) is 11.6 Å². The van der Waals surface area contributed by atoms with Crippen LogP contribution in [0.2, 0.25) is 0 Å². The first-order chi connectivity index (χ1) is 9.62. The quantitative estimate of drug-likeness (QED) is 0.740. The van der Waals surface area contributed by atoms with Crippen molar-refractivity contribution in [2.75, 3.05) is 21.3 Å². The summed E-state index contributed by atoms with van der Waals surface area (Å²) < 4.78 is 21.8. The van der Waals surface area contributed by atoms with Crippen LogP contribution in [0.3, 0.4) is 0 Å². The largest absolute Gasteiger partial charge is 0.496 e. The molecular weight excluding hydrogens is 348 g/mol. The van der Waals surface area contributed by atoms with Crippen molar-refractivity contribution in [3.05, 3.63) is 40.3 Å². The first-order valence-electron chi connectivity index (χ1n) is 5.79. The normalized spacial score (nSPS) is 12.1. The number of halogens is 2. The van der Waals surface area contributed by atoms with Crippen LogP contribution in [0.5, 0.6) is 17.2 Å². The molecular formula is C14H14BrClO4. The maximum atomic E-state index is 6.55. The van der Waals surface area contributed by atoms with E-state index in [0.717, 1.165) is 11.1 Å². The van der Waals surface area contributed by atoms with E-state index in [-0.39, 0.29) is 0 Å². The third-order valence-electron chi connectivity index (χ3n) is 2.93.